The zero-order valence-corrected chi connectivity index (χ0v) is 6.57. The van der Waals surface area contributed by atoms with Crippen LogP contribution >= 0.6 is 12.4 Å². The summed E-state index contributed by atoms with van der Waals surface area (Å²) >= 11 is 0. The lowest BCUT2D eigenvalue weighted by Crippen LogP contribution is -2.13. The lowest BCUT2D eigenvalue weighted by Gasteiger charge is -1.90. The van der Waals surface area contributed by atoms with Gasteiger partial charge in [-0.2, -0.15) is 0 Å². The largest absolute Gasteiger partial charge is 0.313 e. The maximum absolute atomic E-state index is 11.0. The van der Waals surface area contributed by atoms with Gasteiger partial charge in [-0.3, -0.25) is 4.79 Å². The summed E-state index contributed by atoms with van der Waals surface area (Å²) in [6, 6.07) is 0. The third-order valence-corrected chi connectivity index (χ3v) is 1.63. The Morgan fingerprint density at radius 2 is 2.27 bits per heavy atom. The molecule has 1 aliphatic heterocycles. The molecule has 60 valence electrons. The molecule has 0 atom stereocenters. The van der Waals surface area contributed by atoms with Gasteiger partial charge in [-0.1, -0.05) is 0 Å². The number of nitrogens with one attached hydrogen (secondary N) is 2. The van der Waals surface area contributed by atoms with Crippen molar-refractivity contribution in [1.82, 2.24) is 15.3 Å². The van der Waals surface area contributed by atoms with E-state index < -0.39 is 0 Å². The molecule has 0 saturated carbocycles. The molecular formula is C6H8ClN3O. The number of H-pyrrole nitrogens is 1. The standard InChI is InChI=1S/C6H7N3O.ClH/c10-6-4-1-7-2-5(4)8-3-9-6;/h3,7H,1-2H2,(H,8,9,10);1H. The molecule has 2 rings (SSSR count). The Hall–Kier alpha value is -0.870. The summed E-state index contributed by atoms with van der Waals surface area (Å²) in [6.45, 7) is 1.37. The van der Waals surface area contributed by atoms with E-state index >= 15 is 0 Å². The molecule has 0 amide bonds. The van der Waals surface area contributed by atoms with Gasteiger partial charge in [0.2, 0.25) is 0 Å². The van der Waals surface area contributed by atoms with E-state index in [2.05, 4.69) is 15.3 Å². The summed E-state index contributed by atoms with van der Waals surface area (Å²) in [5.74, 6) is 0. The number of halogens is 1. The minimum Gasteiger partial charge on any atom is -0.313 e. The summed E-state index contributed by atoms with van der Waals surface area (Å²) < 4.78 is 0. The zero-order valence-electron chi connectivity index (χ0n) is 5.76. The van der Waals surface area contributed by atoms with Crippen LogP contribution in [0.3, 0.4) is 0 Å². The lowest BCUT2D eigenvalue weighted by molar-refractivity contribution is 0.756. The second-order valence-electron chi connectivity index (χ2n) is 2.26. The average Bonchev–Trinajstić information content (AvgIpc) is 2.36. The zero-order chi connectivity index (χ0) is 6.97. The van der Waals surface area contributed by atoms with Gasteiger partial charge in [0.15, 0.2) is 0 Å². The van der Waals surface area contributed by atoms with Crippen LogP contribution in [0.15, 0.2) is 11.1 Å². The number of hydrogen-bond acceptors (Lipinski definition) is 3. The van der Waals surface area contributed by atoms with Gasteiger partial charge in [-0.25, -0.2) is 4.98 Å². The highest BCUT2D eigenvalue weighted by atomic mass is 35.5. The predicted molar refractivity (Wildman–Crippen MR) is 42.6 cm³/mol. The van der Waals surface area contributed by atoms with Gasteiger partial charge in [0, 0.05) is 13.1 Å². The van der Waals surface area contributed by atoms with E-state index in [4.69, 9.17) is 0 Å². The van der Waals surface area contributed by atoms with Crippen molar-refractivity contribution in [3.05, 3.63) is 27.9 Å². The molecule has 11 heavy (non-hydrogen) atoms. The van der Waals surface area contributed by atoms with Gasteiger partial charge < -0.3 is 10.3 Å². The molecule has 1 aliphatic rings. The fourth-order valence-electron chi connectivity index (χ4n) is 1.11. The number of nitrogens with zero attached hydrogens (tertiary/aromatic N) is 1. The van der Waals surface area contributed by atoms with Crippen LogP contribution in [0.5, 0.6) is 0 Å². The van der Waals surface area contributed by atoms with Crippen molar-refractivity contribution < 1.29 is 0 Å². The summed E-state index contributed by atoms with van der Waals surface area (Å²) in [4.78, 5) is 17.5. The molecule has 0 aromatic carbocycles. The molecule has 2 heterocycles. The van der Waals surface area contributed by atoms with E-state index in [0.717, 1.165) is 17.8 Å². The second kappa shape index (κ2) is 3.02. The van der Waals surface area contributed by atoms with Crippen LogP contribution in [0.25, 0.3) is 0 Å². The number of rotatable bonds is 0. The third kappa shape index (κ3) is 1.27. The highest BCUT2D eigenvalue weighted by molar-refractivity contribution is 5.85. The van der Waals surface area contributed by atoms with Crippen LogP contribution in [-0.4, -0.2) is 9.97 Å². The molecular weight excluding hydrogens is 166 g/mol. The molecule has 1 aromatic heterocycles. The fraction of sp³-hybridized carbons (Fsp3) is 0.333. The second-order valence-corrected chi connectivity index (χ2v) is 2.26. The summed E-state index contributed by atoms with van der Waals surface area (Å²) in [7, 11) is 0. The van der Waals surface area contributed by atoms with Gasteiger partial charge in [0.1, 0.15) is 0 Å². The Labute approximate surface area is 69.5 Å². The minimum atomic E-state index is -0.0185. The van der Waals surface area contributed by atoms with Crippen molar-refractivity contribution in [2.24, 2.45) is 0 Å². The molecule has 4 nitrogen and oxygen atoms in total. The van der Waals surface area contributed by atoms with Gasteiger partial charge in [-0.15, -0.1) is 12.4 Å². The first-order valence-electron chi connectivity index (χ1n) is 3.14. The molecule has 0 bridgehead atoms. The first-order valence-corrected chi connectivity index (χ1v) is 3.14. The third-order valence-electron chi connectivity index (χ3n) is 1.63. The molecule has 1 aromatic rings. The van der Waals surface area contributed by atoms with Crippen molar-refractivity contribution in [3.63, 3.8) is 0 Å². The first-order chi connectivity index (χ1) is 4.88. The van der Waals surface area contributed by atoms with Gasteiger partial charge in [0.25, 0.3) is 5.56 Å². The first kappa shape index (κ1) is 8.23. The minimum absolute atomic E-state index is 0. The smallest absolute Gasteiger partial charge is 0.255 e. The molecule has 0 unspecified atom stereocenters. The SMILES string of the molecule is Cl.O=c1[nH]cnc2c1CNC2. The maximum Gasteiger partial charge on any atom is 0.255 e. The van der Waals surface area contributed by atoms with Crippen LogP contribution in [-0.2, 0) is 13.1 Å². The van der Waals surface area contributed by atoms with E-state index in [1.165, 1.54) is 6.33 Å². The fourth-order valence-corrected chi connectivity index (χ4v) is 1.11. The normalized spacial score (nSPS) is 13.8. The molecule has 0 radical (unpaired) electrons. The Kier molecular flexibility index (Phi) is 2.26. The van der Waals surface area contributed by atoms with E-state index in [1.54, 1.807) is 0 Å². The van der Waals surface area contributed by atoms with Crippen LogP contribution < -0.4 is 10.9 Å². The summed E-state index contributed by atoms with van der Waals surface area (Å²) in [5.41, 5.74) is 1.64. The summed E-state index contributed by atoms with van der Waals surface area (Å²) in [6.07, 6.45) is 1.44. The van der Waals surface area contributed by atoms with E-state index in [1.807, 2.05) is 0 Å². The molecule has 0 saturated heterocycles. The number of fused-ring (bicyclic) bond motifs is 1. The van der Waals surface area contributed by atoms with Gasteiger partial charge in [-0.05, 0) is 0 Å². The van der Waals surface area contributed by atoms with Crippen LogP contribution in [0.2, 0.25) is 0 Å². The van der Waals surface area contributed by atoms with E-state index in [9.17, 15) is 4.79 Å². The van der Waals surface area contributed by atoms with Crippen molar-refractivity contribution >= 4 is 12.4 Å². The quantitative estimate of drug-likeness (QED) is 0.571. The van der Waals surface area contributed by atoms with Crippen LogP contribution in [0.1, 0.15) is 11.3 Å². The Bertz CT molecular complexity index is 309. The van der Waals surface area contributed by atoms with E-state index in [0.29, 0.717) is 6.54 Å². The number of aromatic amines is 1. The van der Waals surface area contributed by atoms with Crippen molar-refractivity contribution in [2.75, 3.05) is 0 Å². The molecule has 0 fully saturated rings. The van der Waals surface area contributed by atoms with Gasteiger partial charge >= 0.3 is 0 Å². The highest BCUT2D eigenvalue weighted by Crippen LogP contribution is 2.04. The molecule has 2 N–H and O–H groups in total. The van der Waals surface area contributed by atoms with Crippen molar-refractivity contribution in [2.45, 2.75) is 13.1 Å². The Balaban J connectivity index is 0.000000605. The van der Waals surface area contributed by atoms with Crippen LogP contribution in [0, 0.1) is 0 Å². The Morgan fingerprint density at radius 3 is 3.00 bits per heavy atom. The maximum atomic E-state index is 11.0. The lowest BCUT2D eigenvalue weighted by atomic mass is 10.3. The number of aromatic nitrogens is 2. The van der Waals surface area contributed by atoms with Gasteiger partial charge in [0.05, 0.1) is 17.6 Å². The van der Waals surface area contributed by atoms with Crippen molar-refractivity contribution in [3.8, 4) is 0 Å². The highest BCUT2D eigenvalue weighted by Gasteiger charge is 2.13. The average molecular weight is 174 g/mol. The predicted octanol–water partition coefficient (Wildman–Crippen LogP) is -0.205. The Morgan fingerprint density at radius 1 is 1.45 bits per heavy atom. The number of hydrogen-bond donors (Lipinski definition) is 2. The van der Waals surface area contributed by atoms with E-state index in [-0.39, 0.29) is 18.0 Å². The monoisotopic (exact) mass is 173 g/mol. The molecule has 0 aliphatic carbocycles. The van der Waals surface area contributed by atoms with Crippen molar-refractivity contribution in [1.29, 1.82) is 0 Å². The molecule has 0 spiro atoms. The summed E-state index contributed by atoms with van der Waals surface area (Å²) in [5, 5.41) is 3.05. The topological polar surface area (TPSA) is 57.8 Å². The molecule has 5 heteroatoms. The van der Waals surface area contributed by atoms with Crippen LogP contribution in [0.4, 0.5) is 0 Å².